The van der Waals surface area contributed by atoms with Crippen molar-refractivity contribution in [2.24, 2.45) is 10.9 Å². The summed E-state index contributed by atoms with van der Waals surface area (Å²) in [7, 11) is 0. The minimum absolute atomic E-state index is 0.205. The average molecular weight is 519 g/mol. The molecule has 2 saturated heterocycles. The van der Waals surface area contributed by atoms with E-state index >= 15 is 0 Å². The molecule has 0 bridgehead atoms. The molecule has 1 aliphatic carbocycles. The first-order chi connectivity index (χ1) is 17.9. The van der Waals surface area contributed by atoms with Crippen molar-refractivity contribution < 1.29 is 19.1 Å². The van der Waals surface area contributed by atoms with Gasteiger partial charge in [0, 0.05) is 32.2 Å². The van der Waals surface area contributed by atoms with Gasteiger partial charge in [0.25, 0.3) is 0 Å². The fraction of sp³-hybridized carbons (Fsp3) is 0.852. The third kappa shape index (κ3) is 8.30. The number of aliphatic imine (C=N–C) groups is 1. The molecule has 208 valence electrons. The maximum absolute atomic E-state index is 13.8. The van der Waals surface area contributed by atoms with Gasteiger partial charge in [0.1, 0.15) is 11.6 Å². The van der Waals surface area contributed by atoms with Crippen LogP contribution in [0.5, 0.6) is 0 Å². The largest absolute Gasteiger partial charge is 0.448 e. The lowest BCUT2D eigenvalue weighted by Gasteiger charge is -2.34. The Kier molecular flexibility index (Phi) is 11.5. The van der Waals surface area contributed by atoms with Crippen LogP contribution in [0.1, 0.15) is 78.6 Å². The third-order valence-corrected chi connectivity index (χ3v) is 8.02. The van der Waals surface area contributed by atoms with Crippen LogP contribution < -0.4 is 10.6 Å². The van der Waals surface area contributed by atoms with Crippen molar-refractivity contribution in [1.29, 1.82) is 5.26 Å². The molecule has 2 aliphatic heterocycles. The van der Waals surface area contributed by atoms with Gasteiger partial charge in [0.2, 0.25) is 11.9 Å². The molecule has 0 aromatic rings. The quantitative estimate of drug-likeness (QED) is 0.353. The number of carbonyl (C=O) groups excluding carboxylic acids is 2. The number of guanidine groups is 1. The molecule has 37 heavy (non-hydrogen) atoms. The Morgan fingerprint density at radius 2 is 1.84 bits per heavy atom. The number of hydrogen-bond donors (Lipinski definition) is 2. The molecular weight excluding hydrogens is 472 g/mol. The molecule has 2 atom stereocenters. The van der Waals surface area contributed by atoms with Crippen LogP contribution in [-0.2, 0) is 14.3 Å². The van der Waals surface area contributed by atoms with Gasteiger partial charge >= 0.3 is 6.09 Å². The molecule has 3 rings (SSSR count). The van der Waals surface area contributed by atoms with Crippen LogP contribution in [0.25, 0.3) is 0 Å². The molecule has 0 aromatic carbocycles. The van der Waals surface area contributed by atoms with Gasteiger partial charge in [-0.15, -0.1) is 4.99 Å². The fourth-order valence-electron chi connectivity index (χ4n) is 5.86. The van der Waals surface area contributed by atoms with Crippen LogP contribution in [-0.4, -0.2) is 91.4 Å². The molecule has 10 heteroatoms. The van der Waals surface area contributed by atoms with E-state index in [2.05, 4.69) is 40.4 Å². The monoisotopic (exact) mass is 518 g/mol. The summed E-state index contributed by atoms with van der Waals surface area (Å²) >= 11 is 0. The number of amides is 2. The van der Waals surface area contributed by atoms with E-state index in [-0.39, 0.29) is 12.5 Å². The van der Waals surface area contributed by atoms with Gasteiger partial charge in [-0.3, -0.25) is 9.69 Å². The van der Waals surface area contributed by atoms with Gasteiger partial charge in [0.15, 0.2) is 0 Å². The second-order valence-corrected chi connectivity index (χ2v) is 10.5. The van der Waals surface area contributed by atoms with Crippen molar-refractivity contribution in [3.8, 4) is 6.07 Å². The zero-order valence-corrected chi connectivity index (χ0v) is 23.0. The van der Waals surface area contributed by atoms with E-state index in [9.17, 15) is 14.9 Å². The van der Waals surface area contributed by atoms with E-state index < -0.39 is 17.7 Å². The standard InChI is InChI=1S/C27H46N6O4/c1-4-22(5-2)33-13-12-27(19-28,20-33)31-24(34)23(18-21-10-8-7-9-11-21)29-25(30-26(35)37-6-3)32-14-16-36-17-15-32/h21-23H,4-18,20H2,1-3H3,(H,31,34)(H,29,30,35). The molecule has 0 spiro atoms. The molecule has 3 fully saturated rings. The summed E-state index contributed by atoms with van der Waals surface area (Å²) in [4.78, 5) is 34.6. The molecule has 0 radical (unpaired) electrons. The first kappa shape index (κ1) is 29.2. The summed E-state index contributed by atoms with van der Waals surface area (Å²) in [6.07, 6.45) is 8.32. The average Bonchev–Trinajstić information content (AvgIpc) is 3.33. The number of rotatable bonds is 9. The molecule has 0 aromatic heterocycles. The number of carbonyl (C=O) groups is 2. The van der Waals surface area contributed by atoms with Crippen molar-refractivity contribution in [2.75, 3.05) is 46.0 Å². The summed E-state index contributed by atoms with van der Waals surface area (Å²) in [5, 5.41) is 16.6. The van der Waals surface area contributed by atoms with E-state index in [0.717, 1.165) is 32.2 Å². The lowest BCUT2D eigenvalue weighted by molar-refractivity contribution is -0.124. The number of nitriles is 1. The molecule has 2 heterocycles. The summed E-state index contributed by atoms with van der Waals surface area (Å²) < 4.78 is 10.6. The Morgan fingerprint density at radius 1 is 1.14 bits per heavy atom. The zero-order valence-electron chi connectivity index (χ0n) is 23.0. The highest BCUT2D eigenvalue weighted by molar-refractivity contribution is 5.94. The smallest absolute Gasteiger partial charge is 0.436 e. The van der Waals surface area contributed by atoms with Crippen molar-refractivity contribution in [3.05, 3.63) is 0 Å². The fourth-order valence-corrected chi connectivity index (χ4v) is 5.86. The van der Waals surface area contributed by atoms with Gasteiger partial charge in [-0.25, -0.2) is 4.79 Å². The first-order valence-electron chi connectivity index (χ1n) is 14.3. The molecular formula is C27H46N6O4. The highest BCUT2D eigenvalue weighted by Gasteiger charge is 2.43. The summed E-state index contributed by atoms with van der Waals surface area (Å²) in [6.45, 7) is 9.79. The van der Waals surface area contributed by atoms with Gasteiger partial charge in [-0.1, -0.05) is 46.0 Å². The van der Waals surface area contributed by atoms with Crippen LogP contribution in [0.3, 0.4) is 0 Å². The minimum Gasteiger partial charge on any atom is -0.448 e. The third-order valence-electron chi connectivity index (χ3n) is 8.02. The number of ether oxygens (including phenoxy) is 2. The number of likely N-dealkylation sites (tertiary alicyclic amines) is 1. The van der Waals surface area contributed by atoms with Gasteiger partial charge in [-0.2, -0.15) is 5.26 Å². The van der Waals surface area contributed by atoms with E-state index in [0.29, 0.717) is 63.6 Å². The predicted molar refractivity (Wildman–Crippen MR) is 142 cm³/mol. The Labute approximate surface area is 222 Å². The van der Waals surface area contributed by atoms with Gasteiger partial charge in [0.05, 0.1) is 25.9 Å². The topological polar surface area (TPSA) is 119 Å². The summed E-state index contributed by atoms with van der Waals surface area (Å²) in [5.41, 5.74) is -0.913. The second-order valence-electron chi connectivity index (χ2n) is 10.5. The maximum Gasteiger partial charge on any atom is 0.436 e. The van der Waals surface area contributed by atoms with Crippen molar-refractivity contribution in [2.45, 2.75) is 96.2 Å². The molecule has 2 N–H and O–H groups in total. The lowest BCUT2D eigenvalue weighted by atomic mass is 9.84. The summed E-state index contributed by atoms with van der Waals surface area (Å²) in [6, 6.07) is 2.24. The normalized spacial score (nSPS) is 24.5. The van der Waals surface area contributed by atoms with E-state index in [1.54, 1.807) is 6.92 Å². The molecule has 3 aliphatic rings. The maximum atomic E-state index is 13.8. The summed E-state index contributed by atoms with van der Waals surface area (Å²) in [5.74, 6) is 0.547. The van der Waals surface area contributed by atoms with Crippen LogP contribution >= 0.6 is 0 Å². The van der Waals surface area contributed by atoms with Gasteiger partial charge < -0.3 is 25.0 Å². The Bertz CT molecular complexity index is 814. The Balaban J connectivity index is 1.80. The molecule has 10 nitrogen and oxygen atoms in total. The molecule has 2 unspecified atom stereocenters. The number of hydrogen-bond acceptors (Lipinski definition) is 6. The van der Waals surface area contributed by atoms with Crippen LogP contribution in [0, 0.1) is 17.2 Å². The lowest BCUT2D eigenvalue weighted by Crippen LogP contribution is -2.59. The van der Waals surface area contributed by atoms with Crippen LogP contribution in [0.2, 0.25) is 0 Å². The number of morpholine rings is 1. The molecule has 1 saturated carbocycles. The second kappa shape index (κ2) is 14.5. The SMILES string of the molecule is CCOC(=O)/N=C(\NC(CC1CCCCC1)C(=O)NC1(C#N)CCN(C(CC)CC)C1)N1CCOCC1. The van der Waals surface area contributed by atoms with Crippen molar-refractivity contribution in [3.63, 3.8) is 0 Å². The highest BCUT2D eigenvalue weighted by Crippen LogP contribution is 2.29. The minimum atomic E-state index is -0.913. The predicted octanol–water partition coefficient (Wildman–Crippen LogP) is 3.03. The number of nitrogens with zero attached hydrogens (tertiary/aromatic N) is 4. The van der Waals surface area contributed by atoms with Crippen molar-refractivity contribution in [1.82, 2.24) is 20.4 Å². The highest BCUT2D eigenvalue weighted by atomic mass is 16.5. The van der Waals surface area contributed by atoms with E-state index in [1.165, 1.54) is 19.3 Å². The van der Waals surface area contributed by atoms with Gasteiger partial charge in [-0.05, 0) is 38.5 Å². The first-order valence-corrected chi connectivity index (χ1v) is 14.3. The van der Waals surface area contributed by atoms with Crippen LogP contribution in [0.15, 0.2) is 4.99 Å². The van der Waals surface area contributed by atoms with Crippen molar-refractivity contribution >= 4 is 18.0 Å². The Morgan fingerprint density at radius 3 is 2.46 bits per heavy atom. The molecule has 2 amide bonds. The number of nitrogens with one attached hydrogen (secondary N) is 2. The zero-order chi connectivity index (χ0) is 26.7. The van der Waals surface area contributed by atoms with E-state index in [1.807, 2.05) is 4.90 Å². The van der Waals surface area contributed by atoms with E-state index in [4.69, 9.17) is 9.47 Å². The van der Waals surface area contributed by atoms with Crippen LogP contribution in [0.4, 0.5) is 4.79 Å². The Hall–Kier alpha value is -2.38.